The Morgan fingerprint density at radius 2 is 0.930 bits per heavy atom. The molecule has 1 heterocycles. The van der Waals surface area contributed by atoms with E-state index in [0.717, 1.165) is 27.8 Å². The van der Waals surface area contributed by atoms with E-state index < -0.39 is 15.8 Å². The second-order valence-corrected chi connectivity index (χ2v) is 14.9. The minimum Gasteiger partial charge on any atom is -0.452 e. The van der Waals surface area contributed by atoms with Gasteiger partial charge in [0.1, 0.15) is 5.69 Å². The molecule has 0 aliphatic carbocycles. The Kier molecular flexibility index (Phi) is 9.33. The zero-order chi connectivity index (χ0) is 28.5. The van der Waals surface area contributed by atoms with Crippen LogP contribution in [0, 0.1) is 0 Å². The molecular formula is C36H25Cl2NOP2Pd+2. The molecule has 1 N–H and O–H groups in total. The summed E-state index contributed by atoms with van der Waals surface area (Å²) in [4.78, 5) is 0. The maximum Gasteiger partial charge on any atom is 2.00 e. The molecule has 212 valence electrons. The van der Waals surface area contributed by atoms with Crippen LogP contribution in [0.25, 0.3) is 0 Å². The topological polar surface area (TPSA) is 21.3 Å². The van der Waals surface area contributed by atoms with E-state index in [9.17, 15) is 0 Å². The average Bonchev–Trinajstić information content (AvgIpc) is 3.05. The zero-order valence-corrected chi connectivity index (χ0v) is 27.6. The van der Waals surface area contributed by atoms with Gasteiger partial charge in [-0.1, -0.05) is 151 Å². The van der Waals surface area contributed by atoms with Crippen LogP contribution in [-0.4, -0.2) is 0 Å². The van der Waals surface area contributed by atoms with Gasteiger partial charge in [-0.25, -0.2) is 0 Å². The van der Waals surface area contributed by atoms with Gasteiger partial charge in [0, 0.05) is 10.6 Å². The third-order valence-corrected chi connectivity index (χ3v) is 12.8. The SMILES string of the molecule is Clc1cc(P(c2ccccc2)c2ccccc2)c2c(c1Cl)Nc1cccc(P(c3ccccc3)c3ccccc3)c1O2.[Pd+2]. The van der Waals surface area contributed by atoms with Crippen LogP contribution in [0.1, 0.15) is 0 Å². The van der Waals surface area contributed by atoms with Crippen molar-refractivity contribution >= 4 is 82.2 Å². The average molecular weight is 727 g/mol. The molecule has 43 heavy (non-hydrogen) atoms. The molecule has 0 atom stereocenters. The second-order valence-electron chi connectivity index (χ2n) is 9.79. The van der Waals surface area contributed by atoms with Gasteiger partial charge in [0.25, 0.3) is 0 Å². The summed E-state index contributed by atoms with van der Waals surface area (Å²) in [6.45, 7) is 0. The van der Waals surface area contributed by atoms with Crippen LogP contribution < -0.4 is 41.9 Å². The van der Waals surface area contributed by atoms with Crippen LogP contribution >= 0.6 is 39.0 Å². The first-order valence-electron chi connectivity index (χ1n) is 13.6. The van der Waals surface area contributed by atoms with Gasteiger partial charge in [0.2, 0.25) is 0 Å². The van der Waals surface area contributed by atoms with Crippen molar-refractivity contribution in [3.63, 3.8) is 0 Å². The predicted molar refractivity (Wildman–Crippen MR) is 184 cm³/mol. The fourth-order valence-corrected chi connectivity index (χ4v) is 10.6. The second kappa shape index (κ2) is 13.3. The maximum absolute atomic E-state index is 7.05. The third kappa shape index (κ3) is 5.92. The molecule has 0 amide bonds. The summed E-state index contributed by atoms with van der Waals surface area (Å²) in [5.74, 6) is 1.54. The van der Waals surface area contributed by atoms with Gasteiger partial charge in [-0.2, -0.15) is 0 Å². The number of hydrogen-bond donors (Lipinski definition) is 1. The van der Waals surface area contributed by atoms with Crippen LogP contribution in [0.5, 0.6) is 11.5 Å². The summed E-state index contributed by atoms with van der Waals surface area (Å²) >= 11 is 13.7. The van der Waals surface area contributed by atoms with Gasteiger partial charge in [-0.05, 0) is 55.3 Å². The predicted octanol–water partition coefficient (Wildman–Crippen LogP) is 8.36. The fraction of sp³-hybridized carbons (Fsp3) is 0. The van der Waals surface area contributed by atoms with E-state index >= 15 is 0 Å². The van der Waals surface area contributed by atoms with E-state index in [1.165, 1.54) is 21.2 Å². The van der Waals surface area contributed by atoms with E-state index in [0.29, 0.717) is 15.7 Å². The number of nitrogens with one attached hydrogen (secondary N) is 1. The van der Waals surface area contributed by atoms with Crippen LogP contribution in [0.4, 0.5) is 11.4 Å². The summed E-state index contributed by atoms with van der Waals surface area (Å²) in [7, 11) is -1.89. The van der Waals surface area contributed by atoms with Crippen LogP contribution in [-0.2, 0) is 20.4 Å². The van der Waals surface area contributed by atoms with Crippen LogP contribution in [0.2, 0.25) is 10.0 Å². The van der Waals surface area contributed by atoms with Gasteiger partial charge < -0.3 is 10.1 Å². The minimum absolute atomic E-state index is 0. The molecule has 0 unspecified atom stereocenters. The molecule has 6 aromatic rings. The Hall–Kier alpha value is -2.98. The van der Waals surface area contributed by atoms with Crippen molar-refractivity contribution in [1.29, 1.82) is 0 Å². The molecule has 6 aromatic carbocycles. The normalized spacial score (nSPS) is 11.6. The molecule has 0 saturated carbocycles. The summed E-state index contributed by atoms with van der Waals surface area (Å²) in [6.07, 6.45) is 0. The largest absolute Gasteiger partial charge is 2.00 e. The molecule has 7 heteroatoms. The first-order valence-corrected chi connectivity index (χ1v) is 17.0. The Labute approximate surface area is 278 Å². The molecule has 1 aliphatic rings. The molecule has 0 aromatic heterocycles. The van der Waals surface area contributed by atoms with Crippen molar-refractivity contribution in [2.45, 2.75) is 0 Å². The van der Waals surface area contributed by atoms with Crippen LogP contribution in [0.15, 0.2) is 146 Å². The number of benzene rings is 6. The first kappa shape index (κ1) is 30.1. The molecule has 2 nitrogen and oxygen atoms in total. The van der Waals surface area contributed by atoms with Gasteiger partial charge in [-0.3, -0.25) is 0 Å². The Bertz CT molecular complexity index is 1780. The number of anilines is 2. The third-order valence-electron chi connectivity index (χ3n) is 7.15. The molecule has 0 bridgehead atoms. The van der Waals surface area contributed by atoms with Crippen molar-refractivity contribution < 1.29 is 25.2 Å². The summed E-state index contributed by atoms with van der Waals surface area (Å²) in [6, 6.07) is 50.7. The van der Waals surface area contributed by atoms with E-state index in [2.05, 4.69) is 127 Å². The number of fused-ring (bicyclic) bond motifs is 2. The Morgan fingerprint density at radius 3 is 1.40 bits per heavy atom. The summed E-state index contributed by atoms with van der Waals surface area (Å²) < 4.78 is 7.05. The van der Waals surface area contributed by atoms with Gasteiger partial charge in [-0.15, -0.1) is 0 Å². The molecule has 0 radical (unpaired) electrons. The van der Waals surface area contributed by atoms with Gasteiger partial charge >= 0.3 is 20.4 Å². The number of halogens is 2. The Balaban J connectivity index is 0.00000329. The molecule has 7 rings (SSSR count). The fourth-order valence-electron chi connectivity index (χ4n) is 5.28. The van der Waals surface area contributed by atoms with Crippen molar-refractivity contribution in [3.05, 3.63) is 156 Å². The number of hydrogen-bond acceptors (Lipinski definition) is 2. The maximum atomic E-state index is 7.05. The van der Waals surface area contributed by atoms with Crippen molar-refractivity contribution in [2.24, 2.45) is 0 Å². The standard InChI is InChI=1S/C36H25Cl2NOP2.Pd/c37-29-24-32(42(27-18-9-3-10-19-27)28-20-11-4-12-21-28)36-34(33(29)38)39-30-22-13-23-31(35(30)40-36)41(25-14-5-1-6-15-25)26-16-7-2-8-17-26;/h1-24,39H;/q;+2. The first-order chi connectivity index (χ1) is 20.7. The summed E-state index contributed by atoms with van der Waals surface area (Å²) in [5.41, 5.74) is 1.57. The van der Waals surface area contributed by atoms with Crippen molar-refractivity contribution in [2.75, 3.05) is 5.32 Å². The molecule has 1 aliphatic heterocycles. The molecule has 0 saturated heterocycles. The number of ether oxygens (including phenoxy) is 1. The van der Waals surface area contributed by atoms with E-state index in [4.69, 9.17) is 27.9 Å². The molecular weight excluding hydrogens is 702 g/mol. The number of para-hydroxylation sites is 1. The van der Waals surface area contributed by atoms with Gasteiger partial charge in [0.05, 0.1) is 15.7 Å². The van der Waals surface area contributed by atoms with Gasteiger partial charge in [0.15, 0.2) is 11.5 Å². The van der Waals surface area contributed by atoms with Crippen molar-refractivity contribution in [1.82, 2.24) is 0 Å². The van der Waals surface area contributed by atoms with Crippen molar-refractivity contribution in [3.8, 4) is 11.5 Å². The van der Waals surface area contributed by atoms with E-state index in [1.807, 2.05) is 24.3 Å². The van der Waals surface area contributed by atoms with Crippen LogP contribution in [0.3, 0.4) is 0 Å². The van der Waals surface area contributed by atoms with E-state index in [-0.39, 0.29) is 20.4 Å². The number of rotatable bonds is 6. The van der Waals surface area contributed by atoms with E-state index in [1.54, 1.807) is 0 Å². The quantitative estimate of drug-likeness (QED) is 0.138. The molecule has 0 fully saturated rings. The minimum atomic E-state index is -0.994. The summed E-state index contributed by atoms with van der Waals surface area (Å²) in [5, 5.41) is 11.7. The Morgan fingerprint density at radius 1 is 0.488 bits per heavy atom. The molecule has 0 spiro atoms. The zero-order valence-electron chi connectivity index (χ0n) is 22.7. The smallest absolute Gasteiger partial charge is 0.452 e. The monoisotopic (exact) mass is 725 g/mol.